The highest BCUT2D eigenvalue weighted by Crippen LogP contribution is 2.33. The van der Waals surface area contributed by atoms with Crippen molar-refractivity contribution in [3.63, 3.8) is 0 Å². The molecule has 0 aliphatic carbocycles. The van der Waals surface area contributed by atoms with Crippen molar-refractivity contribution < 1.29 is 14.6 Å². The molecule has 0 radical (unpaired) electrons. The number of likely N-dealkylation sites (tertiary alicyclic amines) is 1. The van der Waals surface area contributed by atoms with E-state index in [1.807, 2.05) is 10.3 Å². The van der Waals surface area contributed by atoms with E-state index in [-0.39, 0.29) is 17.9 Å². The van der Waals surface area contributed by atoms with Crippen molar-refractivity contribution in [2.45, 2.75) is 25.7 Å². The second-order valence-electron chi connectivity index (χ2n) is 5.48. The van der Waals surface area contributed by atoms with E-state index in [1.54, 1.807) is 12.6 Å². The minimum Gasteiger partial charge on any atom is -0.396 e. The van der Waals surface area contributed by atoms with E-state index in [2.05, 4.69) is 4.98 Å². The molecule has 1 unspecified atom stereocenters. The van der Waals surface area contributed by atoms with Gasteiger partial charge in [-0.15, -0.1) is 11.3 Å². The molecule has 112 valence electrons. The van der Waals surface area contributed by atoms with Gasteiger partial charge in [-0.05, 0) is 19.3 Å². The Kier molecular flexibility index (Phi) is 5.51. The van der Waals surface area contributed by atoms with Crippen LogP contribution < -0.4 is 0 Å². The van der Waals surface area contributed by atoms with Gasteiger partial charge in [-0.3, -0.25) is 4.79 Å². The van der Waals surface area contributed by atoms with Crippen LogP contribution in [-0.4, -0.2) is 54.3 Å². The van der Waals surface area contributed by atoms with Crippen LogP contribution in [0.3, 0.4) is 0 Å². The topological polar surface area (TPSA) is 62.7 Å². The monoisotopic (exact) mass is 298 g/mol. The highest BCUT2D eigenvalue weighted by molar-refractivity contribution is 7.07. The number of thiazole rings is 1. The van der Waals surface area contributed by atoms with Crippen molar-refractivity contribution in [2.24, 2.45) is 5.41 Å². The largest absolute Gasteiger partial charge is 0.396 e. The van der Waals surface area contributed by atoms with Crippen molar-refractivity contribution in [1.29, 1.82) is 0 Å². The zero-order chi connectivity index (χ0) is 14.4. The van der Waals surface area contributed by atoms with Crippen LogP contribution in [0.15, 0.2) is 10.9 Å². The molecular weight excluding hydrogens is 276 g/mol. The Labute approximate surface area is 123 Å². The molecule has 20 heavy (non-hydrogen) atoms. The third kappa shape index (κ3) is 3.77. The van der Waals surface area contributed by atoms with Gasteiger partial charge in [0.2, 0.25) is 5.91 Å². The number of hydrogen-bond donors (Lipinski definition) is 1. The number of aliphatic hydroxyl groups is 1. The highest BCUT2D eigenvalue weighted by atomic mass is 32.1. The first-order valence-corrected chi connectivity index (χ1v) is 7.88. The van der Waals surface area contributed by atoms with E-state index in [4.69, 9.17) is 4.74 Å². The lowest BCUT2D eigenvalue weighted by atomic mass is 9.78. The van der Waals surface area contributed by atoms with E-state index >= 15 is 0 Å². The van der Waals surface area contributed by atoms with Crippen LogP contribution in [-0.2, 0) is 16.0 Å². The van der Waals surface area contributed by atoms with Gasteiger partial charge in [0, 0.05) is 37.6 Å². The van der Waals surface area contributed by atoms with Crippen LogP contribution in [0.25, 0.3) is 0 Å². The smallest absolute Gasteiger partial charge is 0.228 e. The van der Waals surface area contributed by atoms with E-state index in [0.29, 0.717) is 19.6 Å². The zero-order valence-electron chi connectivity index (χ0n) is 11.9. The van der Waals surface area contributed by atoms with Gasteiger partial charge in [0.1, 0.15) is 0 Å². The number of aliphatic hydroxyl groups excluding tert-OH is 1. The maximum absolute atomic E-state index is 12.3. The van der Waals surface area contributed by atoms with Gasteiger partial charge in [0.25, 0.3) is 0 Å². The summed E-state index contributed by atoms with van der Waals surface area (Å²) in [7, 11) is 1.67. The van der Waals surface area contributed by atoms with Gasteiger partial charge in [-0.1, -0.05) is 0 Å². The molecule has 5 nitrogen and oxygen atoms in total. The number of piperidine rings is 1. The molecule has 6 heteroatoms. The van der Waals surface area contributed by atoms with Crippen molar-refractivity contribution in [3.05, 3.63) is 16.6 Å². The molecule has 1 saturated heterocycles. The third-order valence-corrected chi connectivity index (χ3v) is 4.64. The average Bonchev–Trinajstić information content (AvgIpc) is 2.98. The fourth-order valence-electron chi connectivity index (χ4n) is 2.74. The summed E-state index contributed by atoms with van der Waals surface area (Å²) >= 11 is 1.51. The minimum atomic E-state index is -0.202. The SMILES string of the molecule is COCCC1(CO)CCCN(C(=O)Cc2cscn2)C1. The zero-order valence-corrected chi connectivity index (χ0v) is 12.7. The molecule has 0 bridgehead atoms. The Morgan fingerprint density at radius 2 is 2.50 bits per heavy atom. The molecule has 1 aromatic rings. The summed E-state index contributed by atoms with van der Waals surface area (Å²) in [5.41, 5.74) is 2.37. The summed E-state index contributed by atoms with van der Waals surface area (Å²) in [5, 5.41) is 11.6. The molecule has 1 atom stereocenters. The fourth-order valence-corrected chi connectivity index (χ4v) is 3.30. The Hall–Kier alpha value is -0.980. The molecule has 1 aromatic heterocycles. The molecule has 0 aromatic carbocycles. The number of aromatic nitrogens is 1. The molecule has 1 aliphatic rings. The lowest BCUT2D eigenvalue weighted by Gasteiger charge is -2.41. The second kappa shape index (κ2) is 7.15. The molecule has 1 amide bonds. The number of carbonyl (C=O) groups is 1. The van der Waals surface area contributed by atoms with Gasteiger partial charge in [0.15, 0.2) is 0 Å². The van der Waals surface area contributed by atoms with Gasteiger partial charge >= 0.3 is 0 Å². The maximum atomic E-state index is 12.3. The number of ether oxygens (including phenoxy) is 1. The number of nitrogens with zero attached hydrogens (tertiary/aromatic N) is 2. The number of amides is 1. The normalized spacial score (nSPS) is 23.0. The lowest BCUT2D eigenvalue weighted by Crippen LogP contribution is -2.48. The number of hydrogen-bond acceptors (Lipinski definition) is 5. The Morgan fingerprint density at radius 3 is 3.15 bits per heavy atom. The van der Waals surface area contributed by atoms with E-state index in [9.17, 15) is 9.90 Å². The number of carbonyl (C=O) groups excluding carboxylic acids is 1. The predicted molar refractivity (Wildman–Crippen MR) is 77.6 cm³/mol. The van der Waals surface area contributed by atoms with E-state index in [1.165, 1.54) is 11.3 Å². The first kappa shape index (κ1) is 15.4. The number of rotatable bonds is 6. The van der Waals surface area contributed by atoms with Crippen LogP contribution >= 0.6 is 11.3 Å². The Morgan fingerprint density at radius 1 is 1.65 bits per heavy atom. The van der Waals surface area contributed by atoms with Gasteiger partial charge in [-0.2, -0.15) is 0 Å². The van der Waals surface area contributed by atoms with Gasteiger partial charge in [0.05, 0.1) is 24.2 Å². The molecule has 1 fully saturated rings. The summed E-state index contributed by atoms with van der Waals surface area (Å²) in [6, 6.07) is 0. The molecule has 0 spiro atoms. The number of methoxy groups -OCH3 is 1. The van der Waals surface area contributed by atoms with Crippen LogP contribution in [0.1, 0.15) is 25.0 Å². The summed E-state index contributed by atoms with van der Waals surface area (Å²) < 4.78 is 5.13. The standard InChI is InChI=1S/C14H22N2O3S/c1-19-6-4-14(10-17)3-2-5-16(9-14)13(18)7-12-8-20-11-15-12/h8,11,17H,2-7,9-10H2,1H3. The molecular formula is C14H22N2O3S. The molecule has 1 N–H and O–H groups in total. The lowest BCUT2D eigenvalue weighted by molar-refractivity contribution is -0.135. The van der Waals surface area contributed by atoms with Crippen molar-refractivity contribution >= 4 is 17.2 Å². The predicted octanol–water partition coefficient (Wildman–Crippen LogP) is 1.32. The van der Waals surface area contributed by atoms with Crippen LogP contribution in [0.4, 0.5) is 0 Å². The van der Waals surface area contributed by atoms with Gasteiger partial charge < -0.3 is 14.7 Å². The molecule has 2 rings (SSSR count). The first-order chi connectivity index (χ1) is 9.69. The summed E-state index contributed by atoms with van der Waals surface area (Å²) in [6.45, 7) is 2.12. The fraction of sp³-hybridized carbons (Fsp3) is 0.714. The summed E-state index contributed by atoms with van der Waals surface area (Å²) in [4.78, 5) is 18.3. The van der Waals surface area contributed by atoms with E-state index in [0.717, 1.165) is 31.5 Å². The third-order valence-electron chi connectivity index (χ3n) is 4.00. The Balaban J connectivity index is 1.96. The highest BCUT2D eigenvalue weighted by Gasteiger charge is 2.36. The van der Waals surface area contributed by atoms with Crippen LogP contribution in [0, 0.1) is 5.41 Å². The van der Waals surface area contributed by atoms with Crippen molar-refractivity contribution in [1.82, 2.24) is 9.88 Å². The summed E-state index contributed by atoms with van der Waals surface area (Å²) in [6.07, 6.45) is 3.04. The van der Waals surface area contributed by atoms with Crippen molar-refractivity contribution in [2.75, 3.05) is 33.4 Å². The average molecular weight is 298 g/mol. The first-order valence-electron chi connectivity index (χ1n) is 6.94. The molecule has 0 saturated carbocycles. The van der Waals surface area contributed by atoms with Crippen LogP contribution in [0.5, 0.6) is 0 Å². The second-order valence-corrected chi connectivity index (χ2v) is 6.20. The van der Waals surface area contributed by atoms with Crippen LogP contribution in [0.2, 0.25) is 0 Å². The summed E-state index contributed by atoms with van der Waals surface area (Å²) in [5.74, 6) is 0.103. The maximum Gasteiger partial charge on any atom is 0.228 e. The minimum absolute atomic E-state index is 0.103. The van der Waals surface area contributed by atoms with E-state index < -0.39 is 0 Å². The quantitative estimate of drug-likeness (QED) is 0.860. The molecule has 2 heterocycles. The molecule has 1 aliphatic heterocycles. The Bertz CT molecular complexity index is 424. The van der Waals surface area contributed by atoms with Crippen molar-refractivity contribution in [3.8, 4) is 0 Å². The van der Waals surface area contributed by atoms with Gasteiger partial charge in [-0.25, -0.2) is 4.98 Å².